The van der Waals surface area contributed by atoms with Crippen molar-refractivity contribution in [3.63, 3.8) is 0 Å². The number of aromatic nitrogens is 1. The molecule has 1 N–H and O–H groups in total. The van der Waals surface area contributed by atoms with Crippen molar-refractivity contribution in [2.75, 3.05) is 26.7 Å². The Kier molecular flexibility index (Phi) is 4.08. The number of imide groups is 1. The zero-order chi connectivity index (χ0) is 15.7. The van der Waals surface area contributed by atoms with Crippen molar-refractivity contribution >= 4 is 33.5 Å². The molecule has 1 aromatic carbocycles. The predicted octanol–water partition coefficient (Wildman–Crippen LogP) is 1.84. The third-order valence-electron chi connectivity index (χ3n) is 3.87. The summed E-state index contributed by atoms with van der Waals surface area (Å²) in [5.74, 6) is -0.175. The number of hydrogen-bond acceptors (Lipinski definition) is 5. The van der Waals surface area contributed by atoms with Gasteiger partial charge in [-0.25, -0.2) is 9.78 Å². The van der Waals surface area contributed by atoms with Crippen LogP contribution in [0.3, 0.4) is 0 Å². The topological polar surface area (TPSA) is 65.5 Å². The van der Waals surface area contributed by atoms with E-state index in [1.54, 1.807) is 11.3 Å². The van der Waals surface area contributed by atoms with Gasteiger partial charge in [0.15, 0.2) is 0 Å². The zero-order valence-electron chi connectivity index (χ0n) is 12.6. The molecule has 0 bridgehead atoms. The van der Waals surface area contributed by atoms with Crippen LogP contribution in [0.1, 0.15) is 18.0 Å². The average Bonchev–Trinajstić information content (AvgIpc) is 3.11. The summed E-state index contributed by atoms with van der Waals surface area (Å²) in [6.07, 6.45) is 0. The quantitative estimate of drug-likeness (QED) is 0.934. The van der Waals surface area contributed by atoms with Crippen LogP contribution in [-0.4, -0.2) is 53.4 Å². The van der Waals surface area contributed by atoms with E-state index in [0.29, 0.717) is 13.1 Å². The number of urea groups is 1. The first-order chi connectivity index (χ1) is 10.6. The molecule has 0 spiro atoms. The van der Waals surface area contributed by atoms with Gasteiger partial charge in [-0.1, -0.05) is 12.1 Å². The van der Waals surface area contributed by atoms with Crippen LogP contribution in [0.15, 0.2) is 24.3 Å². The van der Waals surface area contributed by atoms with Crippen LogP contribution < -0.4 is 5.32 Å². The Morgan fingerprint density at radius 3 is 2.95 bits per heavy atom. The molecule has 7 heteroatoms. The molecule has 2 aromatic rings. The number of nitrogens with zero attached hydrogens (tertiary/aromatic N) is 3. The van der Waals surface area contributed by atoms with E-state index in [1.165, 1.54) is 4.90 Å². The maximum atomic E-state index is 12.2. The van der Waals surface area contributed by atoms with E-state index < -0.39 is 0 Å². The van der Waals surface area contributed by atoms with Crippen LogP contribution in [0.5, 0.6) is 0 Å². The minimum Gasteiger partial charge on any atom is -0.336 e. The number of benzene rings is 1. The Morgan fingerprint density at radius 2 is 2.27 bits per heavy atom. The van der Waals surface area contributed by atoms with Crippen LogP contribution in [0.25, 0.3) is 10.2 Å². The zero-order valence-corrected chi connectivity index (χ0v) is 13.4. The maximum Gasteiger partial charge on any atom is 0.324 e. The van der Waals surface area contributed by atoms with Gasteiger partial charge in [-0.15, -0.1) is 11.3 Å². The average molecular weight is 318 g/mol. The summed E-state index contributed by atoms with van der Waals surface area (Å²) in [7, 11) is 1.88. The molecule has 2 heterocycles. The molecule has 6 nitrogen and oxygen atoms in total. The van der Waals surface area contributed by atoms with Gasteiger partial charge in [0.2, 0.25) is 5.91 Å². The van der Waals surface area contributed by atoms with Gasteiger partial charge >= 0.3 is 6.03 Å². The highest BCUT2D eigenvalue weighted by Crippen LogP contribution is 2.28. The summed E-state index contributed by atoms with van der Waals surface area (Å²) in [4.78, 5) is 31.5. The number of likely N-dealkylation sites (N-methyl/N-ethyl adjacent to an activating group) is 1. The molecule has 0 aliphatic carbocycles. The third-order valence-corrected chi connectivity index (χ3v) is 5.08. The van der Waals surface area contributed by atoms with Crippen molar-refractivity contribution in [3.05, 3.63) is 29.3 Å². The first-order valence-corrected chi connectivity index (χ1v) is 8.02. The molecule has 22 heavy (non-hydrogen) atoms. The van der Waals surface area contributed by atoms with Crippen molar-refractivity contribution < 1.29 is 9.59 Å². The molecule has 3 rings (SSSR count). The Labute approximate surface area is 132 Å². The van der Waals surface area contributed by atoms with Gasteiger partial charge in [-0.2, -0.15) is 0 Å². The fourth-order valence-corrected chi connectivity index (χ4v) is 3.49. The third kappa shape index (κ3) is 2.82. The molecule has 3 amide bonds. The molecule has 0 saturated carbocycles. The Morgan fingerprint density at radius 1 is 1.50 bits per heavy atom. The summed E-state index contributed by atoms with van der Waals surface area (Å²) in [6, 6.07) is 7.72. The van der Waals surface area contributed by atoms with Crippen LogP contribution >= 0.6 is 11.3 Å². The number of carbonyl (C=O) groups excluding carboxylic acids is 2. The van der Waals surface area contributed by atoms with E-state index in [-0.39, 0.29) is 24.5 Å². The molecule has 1 saturated heterocycles. The molecule has 0 radical (unpaired) electrons. The Balaban J connectivity index is 1.69. The highest BCUT2D eigenvalue weighted by atomic mass is 32.1. The van der Waals surface area contributed by atoms with Gasteiger partial charge in [0.05, 0.1) is 22.8 Å². The SMILES string of the molecule is C[C@H](c1nc2ccccc2s1)N(C)CC(=O)N1CCNC1=O. The molecular formula is C15H18N4O2S. The summed E-state index contributed by atoms with van der Waals surface area (Å²) in [6.45, 7) is 3.20. The van der Waals surface area contributed by atoms with E-state index in [2.05, 4.69) is 10.3 Å². The number of rotatable bonds is 4. The Hall–Kier alpha value is -1.99. The molecular weight excluding hydrogens is 300 g/mol. The van der Waals surface area contributed by atoms with Crippen LogP contribution in [0.4, 0.5) is 4.79 Å². The number of thiazole rings is 1. The second-order valence-electron chi connectivity index (χ2n) is 5.39. The Bertz CT molecular complexity index is 681. The lowest BCUT2D eigenvalue weighted by Gasteiger charge is -2.24. The van der Waals surface area contributed by atoms with Gasteiger partial charge in [-0.05, 0) is 26.1 Å². The molecule has 1 atom stereocenters. The standard InChI is InChI=1S/C15H18N4O2S/c1-10(14-17-11-5-3-4-6-12(11)22-14)18(2)9-13(20)19-8-7-16-15(19)21/h3-6,10H,7-9H2,1-2H3,(H,16,21)/t10-/m1/s1. The number of para-hydroxylation sites is 1. The highest BCUT2D eigenvalue weighted by molar-refractivity contribution is 7.18. The van der Waals surface area contributed by atoms with Crippen LogP contribution in [0.2, 0.25) is 0 Å². The van der Waals surface area contributed by atoms with Gasteiger partial charge in [-0.3, -0.25) is 14.6 Å². The lowest BCUT2D eigenvalue weighted by Crippen LogP contribution is -2.41. The monoisotopic (exact) mass is 318 g/mol. The molecule has 1 aromatic heterocycles. The smallest absolute Gasteiger partial charge is 0.324 e. The van der Waals surface area contributed by atoms with Gasteiger partial charge in [0.25, 0.3) is 0 Å². The number of nitrogens with one attached hydrogen (secondary N) is 1. The van der Waals surface area contributed by atoms with Crippen LogP contribution in [-0.2, 0) is 4.79 Å². The number of hydrogen-bond donors (Lipinski definition) is 1. The van der Waals surface area contributed by atoms with Crippen molar-refractivity contribution in [3.8, 4) is 0 Å². The summed E-state index contributed by atoms with van der Waals surface area (Å²) in [5, 5.41) is 3.61. The van der Waals surface area contributed by atoms with Crippen molar-refractivity contribution in [1.29, 1.82) is 0 Å². The maximum absolute atomic E-state index is 12.2. The second kappa shape index (κ2) is 6.02. The number of carbonyl (C=O) groups is 2. The number of amides is 3. The fraction of sp³-hybridized carbons (Fsp3) is 0.400. The van der Waals surface area contributed by atoms with Gasteiger partial charge in [0, 0.05) is 13.1 Å². The van der Waals surface area contributed by atoms with Crippen molar-refractivity contribution in [2.45, 2.75) is 13.0 Å². The first kappa shape index (κ1) is 14.9. The lowest BCUT2D eigenvalue weighted by molar-refractivity contribution is -0.128. The van der Waals surface area contributed by atoms with E-state index in [9.17, 15) is 9.59 Å². The van der Waals surface area contributed by atoms with Crippen molar-refractivity contribution in [1.82, 2.24) is 20.1 Å². The van der Waals surface area contributed by atoms with E-state index in [1.807, 2.05) is 43.1 Å². The minimum absolute atomic E-state index is 0.0204. The van der Waals surface area contributed by atoms with Crippen LogP contribution in [0, 0.1) is 0 Å². The van der Waals surface area contributed by atoms with E-state index in [4.69, 9.17) is 0 Å². The molecule has 0 unspecified atom stereocenters. The normalized spacial score (nSPS) is 16.3. The summed E-state index contributed by atoms with van der Waals surface area (Å²) < 4.78 is 1.14. The summed E-state index contributed by atoms with van der Waals surface area (Å²) >= 11 is 1.64. The predicted molar refractivity (Wildman–Crippen MR) is 85.8 cm³/mol. The van der Waals surface area contributed by atoms with Gasteiger partial charge in [0.1, 0.15) is 5.01 Å². The summed E-state index contributed by atoms with van der Waals surface area (Å²) in [5.41, 5.74) is 0.980. The lowest BCUT2D eigenvalue weighted by atomic mass is 10.3. The van der Waals surface area contributed by atoms with E-state index >= 15 is 0 Å². The first-order valence-electron chi connectivity index (χ1n) is 7.20. The highest BCUT2D eigenvalue weighted by Gasteiger charge is 2.28. The molecule has 1 fully saturated rings. The fourth-order valence-electron chi connectivity index (χ4n) is 2.40. The van der Waals surface area contributed by atoms with Gasteiger partial charge < -0.3 is 5.32 Å². The molecule has 1 aliphatic rings. The second-order valence-corrected chi connectivity index (χ2v) is 6.45. The van der Waals surface area contributed by atoms with Crippen molar-refractivity contribution in [2.24, 2.45) is 0 Å². The minimum atomic E-state index is -0.300. The largest absolute Gasteiger partial charge is 0.336 e. The van der Waals surface area contributed by atoms with E-state index in [0.717, 1.165) is 15.2 Å². The number of fused-ring (bicyclic) bond motifs is 1. The molecule has 116 valence electrons. The molecule has 1 aliphatic heterocycles.